The van der Waals surface area contributed by atoms with Gasteiger partial charge in [0, 0.05) is 0 Å². The van der Waals surface area contributed by atoms with Crippen LogP contribution < -0.4 is 5.06 Å². The quantitative estimate of drug-likeness (QED) is 0.806. The van der Waals surface area contributed by atoms with E-state index in [1.807, 2.05) is 48.5 Å². The van der Waals surface area contributed by atoms with Gasteiger partial charge in [-0.2, -0.15) is 0 Å². The fraction of sp³-hybridized carbons (Fsp3) is 0.294. The van der Waals surface area contributed by atoms with Gasteiger partial charge in [0.2, 0.25) is 0 Å². The zero-order valence-electron chi connectivity index (χ0n) is 11.7. The summed E-state index contributed by atoms with van der Waals surface area (Å²) >= 11 is 0. The third kappa shape index (κ3) is 3.15. The van der Waals surface area contributed by atoms with Crippen molar-refractivity contribution in [3.63, 3.8) is 0 Å². The Labute approximate surface area is 115 Å². The molecule has 19 heavy (non-hydrogen) atoms. The Morgan fingerprint density at radius 1 is 0.842 bits per heavy atom. The highest BCUT2D eigenvalue weighted by Crippen LogP contribution is 2.39. The molecular weight excluding hydrogens is 234 g/mol. The molecule has 2 aromatic carbocycles. The zero-order chi connectivity index (χ0) is 13.9. The van der Waals surface area contributed by atoms with E-state index in [0.717, 1.165) is 11.3 Å². The standard InChI is InChI=1S/C17H21NO/c1-17(2,3)16(14-10-6-4-7-11-14)18(19)15-12-8-5-9-13-15/h4-13,16,19H,1-3H3. The maximum absolute atomic E-state index is 10.6. The van der Waals surface area contributed by atoms with Crippen LogP contribution in [0.3, 0.4) is 0 Å². The second kappa shape index (κ2) is 5.45. The van der Waals surface area contributed by atoms with Crippen LogP contribution in [0.25, 0.3) is 0 Å². The maximum Gasteiger partial charge on any atom is 0.0860 e. The summed E-state index contributed by atoms with van der Waals surface area (Å²) < 4.78 is 0. The molecule has 0 spiro atoms. The predicted octanol–water partition coefficient (Wildman–Crippen LogP) is 4.67. The SMILES string of the molecule is CC(C)(C)C(c1ccccc1)N(O)c1ccccc1. The van der Waals surface area contributed by atoms with E-state index in [-0.39, 0.29) is 11.5 Å². The number of hydrogen-bond donors (Lipinski definition) is 1. The first-order chi connectivity index (χ1) is 9.00. The lowest BCUT2D eigenvalue weighted by atomic mass is 9.82. The topological polar surface area (TPSA) is 23.5 Å². The van der Waals surface area contributed by atoms with Gasteiger partial charge in [0.05, 0.1) is 11.7 Å². The Kier molecular flexibility index (Phi) is 3.91. The van der Waals surface area contributed by atoms with Crippen molar-refractivity contribution in [1.29, 1.82) is 0 Å². The number of nitrogens with zero attached hydrogens (tertiary/aromatic N) is 1. The molecule has 2 heteroatoms. The molecule has 0 saturated heterocycles. The van der Waals surface area contributed by atoms with Crippen molar-refractivity contribution < 1.29 is 5.21 Å². The van der Waals surface area contributed by atoms with Gasteiger partial charge in [0.25, 0.3) is 0 Å². The summed E-state index contributed by atoms with van der Waals surface area (Å²) in [6.45, 7) is 6.41. The van der Waals surface area contributed by atoms with Gasteiger partial charge >= 0.3 is 0 Å². The number of hydrogen-bond acceptors (Lipinski definition) is 2. The molecule has 100 valence electrons. The van der Waals surface area contributed by atoms with Crippen LogP contribution in [0.4, 0.5) is 5.69 Å². The summed E-state index contributed by atoms with van der Waals surface area (Å²) in [4.78, 5) is 0. The minimum absolute atomic E-state index is 0.0774. The Balaban J connectivity index is 2.40. The molecule has 0 aliphatic rings. The average molecular weight is 255 g/mol. The third-order valence-electron chi connectivity index (χ3n) is 3.20. The first-order valence-electron chi connectivity index (χ1n) is 6.58. The summed E-state index contributed by atoms with van der Waals surface area (Å²) in [6, 6.07) is 19.7. The molecule has 0 aliphatic carbocycles. The largest absolute Gasteiger partial charge is 0.288 e. The molecule has 0 aliphatic heterocycles. The summed E-state index contributed by atoms with van der Waals surface area (Å²) in [5.74, 6) is 0. The van der Waals surface area contributed by atoms with Crippen LogP contribution in [0, 0.1) is 5.41 Å². The van der Waals surface area contributed by atoms with Crippen LogP contribution in [0.15, 0.2) is 60.7 Å². The van der Waals surface area contributed by atoms with Gasteiger partial charge in [-0.1, -0.05) is 69.3 Å². The highest BCUT2D eigenvalue weighted by molar-refractivity contribution is 5.46. The number of hydroxylamine groups is 1. The van der Waals surface area contributed by atoms with Gasteiger partial charge in [-0.3, -0.25) is 5.21 Å². The number of para-hydroxylation sites is 1. The fourth-order valence-electron chi connectivity index (χ4n) is 2.37. The molecule has 0 bridgehead atoms. The lowest BCUT2D eigenvalue weighted by Crippen LogP contribution is -2.34. The number of rotatable bonds is 3. The third-order valence-corrected chi connectivity index (χ3v) is 3.20. The Hall–Kier alpha value is -1.80. The molecular formula is C17H21NO. The van der Waals surface area contributed by atoms with Crippen molar-refractivity contribution in [2.24, 2.45) is 5.41 Å². The molecule has 2 nitrogen and oxygen atoms in total. The first-order valence-corrected chi connectivity index (χ1v) is 6.58. The van der Waals surface area contributed by atoms with Gasteiger partial charge in [-0.15, -0.1) is 0 Å². The molecule has 0 fully saturated rings. The molecule has 0 radical (unpaired) electrons. The van der Waals surface area contributed by atoms with E-state index in [4.69, 9.17) is 0 Å². The highest BCUT2D eigenvalue weighted by Gasteiger charge is 2.31. The van der Waals surface area contributed by atoms with Crippen molar-refractivity contribution in [3.8, 4) is 0 Å². The van der Waals surface area contributed by atoms with Gasteiger partial charge in [0.1, 0.15) is 0 Å². The highest BCUT2D eigenvalue weighted by atomic mass is 16.5. The van der Waals surface area contributed by atoms with Crippen molar-refractivity contribution in [3.05, 3.63) is 66.2 Å². The van der Waals surface area contributed by atoms with E-state index in [2.05, 4.69) is 32.9 Å². The Morgan fingerprint density at radius 3 is 1.79 bits per heavy atom. The predicted molar refractivity (Wildman–Crippen MR) is 79.3 cm³/mol. The summed E-state index contributed by atoms with van der Waals surface area (Å²) in [5, 5.41) is 12.0. The van der Waals surface area contributed by atoms with Crippen LogP contribution in [-0.2, 0) is 0 Å². The molecule has 1 N–H and O–H groups in total. The molecule has 0 heterocycles. The van der Waals surface area contributed by atoms with Crippen LogP contribution >= 0.6 is 0 Å². The molecule has 1 atom stereocenters. The van der Waals surface area contributed by atoms with E-state index < -0.39 is 0 Å². The van der Waals surface area contributed by atoms with E-state index in [0.29, 0.717) is 0 Å². The minimum atomic E-state index is -0.0869. The number of anilines is 1. The van der Waals surface area contributed by atoms with Gasteiger partial charge in [-0.25, -0.2) is 5.06 Å². The Morgan fingerprint density at radius 2 is 1.32 bits per heavy atom. The fourth-order valence-corrected chi connectivity index (χ4v) is 2.37. The Bertz CT molecular complexity index is 502. The molecule has 0 aromatic heterocycles. The van der Waals surface area contributed by atoms with Crippen LogP contribution in [0.5, 0.6) is 0 Å². The zero-order valence-corrected chi connectivity index (χ0v) is 11.7. The van der Waals surface area contributed by atoms with E-state index in [1.54, 1.807) is 0 Å². The van der Waals surface area contributed by atoms with Crippen molar-refractivity contribution >= 4 is 5.69 Å². The molecule has 2 rings (SSSR count). The van der Waals surface area contributed by atoms with E-state index in [1.165, 1.54) is 5.06 Å². The number of benzene rings is 2. The summed E-state index contributed by atoms with van der Waals surface area (Å²) in [5.41, 5.74) is 1.85. The normalized spacial score (nSPS) is 13.1. The second-order valence-corrected chi connectivity index (χ2v) is 5.86. The van der Waals surface area contributed by atoms with Crippen molar-refractivity contribution in [2.45, 2.75) is 26.8 Å². The van der Waals surface area contributed by atoms with Gasteiger partial charge < -0.3 is 0 Å². The van der Waals surface area contributed by atoms with Gasteiger partial charge in [0.15, 0.2) is 0 Å². The van der Waals surface area contributed by atoms with Gasteiger partial charge in [-0.05, 0) is 23.1 Å². The maximum atomic E-state index is 10.6. The minimum Gasteiger partial charge on any atom is -0.288 e. The van der Waals surface area contributed by atoms with E-state index in [9.17, 15) is 5.21 Å². The smallest absolute Gasteiger partial charge is 0.0860 e. The first kappa shape index (κ1) is 13.6. The van der Waals surface area contributed by atoms with Crippen molar-refractivity contribution in [2.75, 3.05) is 5.06 Å². The molecule has 1 unspecified atom stereocenters. The lowest BCUT2D eigenvalue weighted by molar-refractivity contribution is 0.148. The van der Waals surface area contributed by atoms with E-state index >= 15 is 0 Å². The van der Waals surface area contributed by atoms with Crippen LogP contribution in [0.2, 0.25) is 0 Å². The van der Waals surface area contributed by atoms with Crippen molar-refractivity contribution in [1.82, 2.24) is 0 Å². The second-order valence-electron chi connectivity index (χ2n) is 5.86. The van der Waals surface area contributed by atoms with Crippen LogP contribution in [-0.4, -0.2) is 5.21 Å². The average Bonchev–Trinajstić information content (AvgIpc) is 2.39. The summed E-state index contributed by atoms with van der Waals surface area (Å²) in [6.07, 6.45) is 0. The molecule has 0 saturated carbocycles. The summed E-state index contributed by atoms with van der Waals surface area (Å²) in [7, 11) is 0. The van der Waals surface area contributed by atoms with Crippen LogP contribution in [0.1, 0.15) is 32.4 Å². The molecule has 2 aromatic rings. The molecule has 0 amide bonds. The monoisotopic (exact) mass is 255 g/mol. The lowest BCUT2D eigenvalue weighted by Gasteiger charge is -2.37.